The molecule has 3 rings (SSSR count). The minimum atomic E-state index is 0.697. The van der Waals surface area contributed by atoms with Crippen LogP contribution in [0.5, 0.6) is 0 Å². The van der Waals surface area contributed by atoms with Crippen LogP contribution < -0.4 is 0 Å². The third-order valence-corrected chi connectivity index (χ3v) is 4.04. The summed E-state index contributed by atoms with van der Waals surface area (Å²) in [6, 6.07) is 6.45. The molecule has 1 aromatic carbocycles. The second-order valence-electron chi connectivity index (χ2n) is 5.12. The first-order valence-electron chi connectivity index (χ1n) is 6.51. The van der Waals surface area contributed by atoms with Gasteiger partial charge in [-0.2, -0.15) is 0 Å². The summed E-state index contributed by atoms with van der Waals surface area (Å²) < 4.78 is 8.46. The average Bonchev–Trinajstić information content (AvgIpc) is 2.93. The molecule has 96 valence electrons. The van der Waals surface area contributed by atoms with Crippen LogP contribution in [-0.4, -0.2) is 22.8 Å². The minimum Gasteiger partial charge on any atom is -0.381 e. The van der Waals surface area contributed by atoms with Gasteiger partial charge in [-0.3, -0.25) is 0 Å². The molecule has 0 saturated carbocycles. The fourth-order valence-electron chi connectivity index (χ4n) is 2.62. The van der Waals surface area contributed by atoms with Gasteiger partial charge in [0.05, 0.1) is 11.0 Å². The van der Waals surface area contributed by atoms with E-state index in [2.05, 4.69) is 34.7 Å². The zero-order valence-electron chi connectivity index (χ0n) is 10.6. The highest BCUT2D eigenvalue weighted by atomic mass is 32.1. The Hall–Kier alpha value is -1.13. The number of aromatic amines is 1. The Morgan fingerprint density at radius 1 is 1.50 bits per heavy atom. The van der Waals surface area contributed by atoms with Gasteiger partial charge in [0.15, 0.2) is 4.77 Å². The van der Waals surface area contributed by atoms with Crippen molar-refractivity contribution < 1.29 is 4.74 Å². The van der Waals surface area contributed by atoms with Gasteiger partial charge in [-0.15, -0.1) is 0 Å². The molecule has 0 aliphatic carbocycles. The molecule has 1 aromatic heterocycles. The molecule has 1 saturated heterocycles. The Morgan fingerprint density at radius 3 is 3.17 bits per heavy atom. The van der Waals surface area contributed by atoms with Crippen molar-refractivity contribution in [2.75, 3.05) is 13.2 Å². The second-order valence-corrected chi connectivity index (χ2v) is 5.51. The van der Waals surface area contributed by atoms with Crippen molar-refractivity contribution >= 4 is 23.3 Å². The standard InChI is InChI=1S/C14H18N2OS/c1-10-2-3-13-12(8-10)15-14(18)16(13)6-4-11-5-7-17-9-11/h2-3,8,11H,4-7,9H2,1H3,(H,15,18). The molecular weight excluding hydrogens is 244 g/mol. The summed E-state index contributed by atoms with van der Waals surface area (Å²) in [4.78, 5) is 3.29. The van der Waals surface area contributed by atoms with Crippen LogP contribution in [0.4, 0.5) is 0 Å². The van der Waals surface area contributed by atoms with E-state index in [9.17, 15) is 0 Å². The third-order valence-electron chi connectivity index (χ3n) is 3.71. The quantitative estimate of drug-likeness (QED) is 0.859. The molecule has 1 fully saturated rings. The maximum absolute atomic E-state index is 5.42. The fourth-order valence-corrected chi connectivity index (χ4v) is 2.92. The molecular formula is C14H18N2OS. The summed E-state index contributed by atoms with van der Waals surface area (Å²) in [5, 5.41) is 0. The molecule has 0 radical (unpaired) electrons. The summed E-state index contributed by atoms with van der Waals surface area (Å²) in [6.45, 7) is 4.91. The molecule has 1 aliphatic heterocycles. The van der Waals surface area contributed by atoms with Gasteiger partial charge < -0.3 is 14.3 Å². The van der Waals surface area contributed by atoms with E-state index in [-0.39, 0.29) is 0 Å². The summed E-state index contributed by atoms with van der Waals surface area (Å²) >= 11 is 5.41. The van der Waals surface area contributed by atoms with E-state index in [1.165, 1.54) is 17.5 Å². The van der Waals surface area contributed by atoms with Crippen LogP contribution in [0, 0.1) is 17.6 Å². The van der Waals surface area contributed by atoms with Crippen molar-refractivity contribution in [1.82, 2.24) is 9.55 Å². The van der Waals surface area contributed by atoms with Crippen molar-refractivity contribution in [3.63, 3.8) is 0 Å². The summed E-state index contributed by atoms with van der Waals surface area (Å²) in [5.41, 5.74) is 3.61. The molecule has 0 amide bonds. The Balaban J connectivity index is 1.86. The number of fused-ring (bicyclic) bond motifs is 1. The van der Waals surface area contributed by atoms with Crippen LogP contribution in [0.2, 0.25) is 0 Å². The molecule has 1 unspecified atom stereocenters. The van der Waals surface area contributed by atoms with Crippen LogP contribution in [0.3, 0.4) is 0 Å². The van der Waals surface area contributed by atoms with Crippen LogP contribution in [0.25, 0.3) is 11.0 Å². The average molecular weight is 262 g/mol. The number of aryl methyl sites for hydroxylation is 2. The number of ether oxygens (including phenoxy) is 1. The van der Waals surface area contributed by atoms with Crippen LogP contribution in [0.1, 0.15) is 18.4 Å². The normalized spacial score (nSPS) is 19.7. The Kier molecular flexibility index (Phi) is 3.22. The van der Waals surface area contributed by atoms with E-state index in [0.29, 0.717) is 5.92 Å². The lowest BCUT2D eigenvalue weighted by atomic mass is 10.1. The van der Waals surface area contributed by atoms with Crippen molar-refractivity contribution in [2.45, 2.75) is 26.3 Å². The first-order valence-corrected chi connectivity index (χ1v) is 6.92. The van der Waals surface area contributed by atoms with Crippen molar-refractivity contribution in [2.24, 2.45) is 5.92 Å². The largest absolute Gasteiger partial charge is 0.381 e. The number of imidazole rings is 1. The Morgan fingerprint density at radius 2 is 2.39 bits per heavy atom. The first-order chi connectivity index (χ1) is 8.74. The lowest BCUT2D eigenvalue weighted by molar-refractivity contribution is 0.183. The zero-order chi connectivity index (χ0) is 12.5. The van der Waals surface area contributed by atoms with Crippen LogP contribution >= 0.6 is 12.2 Å². The maximum atomic E-state index is 5.42. The van der Waals surface area contributed by atoms with Crippen LogP contribution in [0.15, 0.2) is 18.2 Å². The van der Waals surface area contributed by atoms with Gasteiger partial charge >= 0.3 is 0 Å². The summed E-state index contributed by atoms with van der Waals surface area (Å²) in [5.74, 6) is 0.697. The number of hydrogen-bond acceptors (Lipinski definition) is 2. The molecule has 2 heterocycles. The second kappa shape index (κ2) is 4.86. The van der Waals surface area contributed by atoms with Gasteiger partial charge in [-0.1, -0.05) is 6.07 Å². The predicted octanol–water partition coefficient (Wildman–Crippen LogP) is 3.43. The Labute approximate surface area is 112 Å². The maximum Gasteiger partial charge on any atom is 0.178 e. The highest BCUT2D eigenvalue weighted by Gasteiger charge is 2.16. The molecule has 18 heavy (non-hydrogen) atoms. The van der Waals surface area contributed by atoms with Gasteiger partial charge in [0.25, 0.3) is 0 Å². The minimum absolute atomic E-state index is 0.697. The third kappa shape index (κ3) is 2.22. The number of nitrogens with zero attached hydrogens (tertiary/aromatic N) is 1. The van der Waals surface area contributed by atoms with Crippen molar-refractivity contribution in [3.8, 4) is 0 Å². The number of H-pyrrole nitrogens is 1. The smallest absolute Gasteiger partial charge is 0.178 e. The highest BCUT2D eigenvalue weighted by molar-refractivity contribution is 7.71. The lowest BCUT2D eigenvalue weighted by Gasteiger charge is -2.09. The SMILES string of the molecule is Cc1ccc2c(c1)[nH]c(=S)n2CCC1CCOC1. The molecule has 1 aliphatic rings. The molecule has 3 nitrogen and oxygen atoms in total. The van der Waals surface area contributed by atoms with Gasteiger partial charge in [-0.25, -0.2) is 0 Å². The Bertz CT molecular complexity index is 608. The molecule has 2 aromatic rings. The van der Waals surface area contributed by atoms with Gasteiger partial charge in [-0.05, 0) is 55.6 Å². The monoisotopic (exact) mass is 262 g/mol. The predicted molar refractivity (Wildman–Crippen MR) is 75.4 cm³/mol. The zero-order valence-corrected chi connectivity index (χ0v) is 11.4. The first kappa shape index (κ1) is 11.9. The molecule has 4 heteroatoms. The molecule has 0 spiro atoms. The highest BCUT2D eigenvalue weighted by Crippen LogP contribution is 2.20. The number of benzene rings is 1. The van der Waals surface area contributed by atoms with E-state index in [1.54, 1.807) is 0 Å². The van der Waals surface area contributed by atoms with E-state index >= 15 is 0 Å². The van der Waals surface area contributed by atoms with Crippen molar-refractivity contribution in [3.05, 3.63) is 28.5 Å². The van der Waals surface area contributed by atoms with E-state index < -0.39 is 0 Å². The lowest BCUT2D eigenvalue weighted by Crippen LogP contribution is -2.06. The summed E-state index contributed by atoms with van der Waals surface area (Å²) in [7, 11) is 0. The number of rotatable bonds is 3. The van der Waals surface area contributed by atoms with Crippen LogP contribution in [-0.2, 0) is 11.3 Å². The van der Waals surface area contributed by atoms with E-state index in [1.807, 2.05) is 0 Å². The van der Waals surface area contributed by atoms with Gasteiger partial charge in [0.2, 0.25) is 0 Å². The van der Waals surface area contributed by atoms with Crippen molar-refractivity contribution in [1.29, 1.82) is 0 Å². The molecule has 1 atom stereocenters. The van der Waals surface area contributed by atoms with E-state index in [4.69, 9.17) is 17.0 Å². The molecule has 1 N–H and O–H groups in total. The summed E-state index contributed by atoms with van der Waals surface area (Å²) in [6.07, 6.45) is 2.34. The van der Waals surface area contributed by atoms with E-state index in [0.717, 1.165) is 36.5 Å². The van der Waals surface area contributed by atoms with Gasteiger partial charge in [0.1, 0.15) is 0 Å². The topological polar surface area (TPSA) is 29.9 Å². The number of nitrogens with one attached hydrogen (secondary N) is 1. The fraction of sp³-hybridized carbons (Fsp3) is 0.500. The number of aromatic nitrogens is 2. The molecule has 0 bridgehead atoms. The van der Waals surface area contributed by atoms with Gasteiger partial charge in [0, 0.05) is 19.8 Å². The number of hydrogen-bond donors (Lipinski definition) is 1.